The van der Waals surface area contributed by atoms with E-state index in [9.17, 15) is 14.4 Å². The zero-order valence-electron chi connectivity index (χ0n) is 16.9. The molecule has 3 aromatic rings. The fraction of sp³-hybridized carbons (Fsp3) is 0.429. The monoisotopic (exact) mass is 444 g/mol. The molecule has 0 spiro atoms. The maximum Gasteiger partial charge on any atom is 0.321 e. The van der Waals surface area contributed by atoms with Crippen LogP contribution in [0, 0.1) is 12.8 Å². The molecule has 3 heterocycles. The lowest BCUT2D eigenvalue weighted by Gasteiger charge is -2.29. The van der Waals surface area contributed by atoms with Gasteiger partial charge in [0.05, 0.1) is 11.7 Å². The summed E-state index contributed by atoms with van der Waals surface area (Å²) in [5.41, 5.74) is 0.558. The topological polar surface area (TPSA) is 93.1 Å². The SMILES string of the molecule is Cc1ccc(-c2csc3ncn(CC(=O)NC(=O)NC4CCCCC4C)c(=O)c23)s1. The molecule has 0 saturated heterocycles. The van der Waals surface area contributed by atoms with Crippen LogP contribution < -0.4 is 16.2 Å². The smallest absolute Gasteiger partial charge is 0.321 e. The van der Waals surface area contributed by atoms with E-state index in [2.05, 4.69) is 22.5 Å². The maximum absolute atomic E-state index is 13.0. The van der Waals surface area contributed by atoms with Crippen molar-refractivity contribution < 1.29 is 9.59 Å². The van der Waals surface area contributed by atoms with Crippen molar-refractivity contribution in [2.24, 2.45) is 5.92 Å². The Hall–Kier alpha value is -2.52. The van der Waals surface area contributed by atoms with Gasteiger partial charge in [0.2, 0.25) is 5.91 Å². The lowest BCUT2D eigenvalue weighted by molar-refractivity contribution is -0.120. The van der Waals surface area contributed by atoms with Crippen molar-refractivity contribution in [2.45, 2.75) is 52.1 Å². The van der Waals surface area contributed by atoms with Gasteiger partial charge >= 0.3 is 6.03 Å². The van der Waals surface area contributed by atoms with E-state index in [0.717, 1.165) is 34.6 Å². The molecule has 2 unspecified atom stereocenters. The number of imide groups is 1. The molecule has 1 saturated carbocycles. The molecule has 7 nitrogen and oxygen atoms in total. The molecule has 3 aromatic heterocycles. The predicted octanol–water partition coefficient (Wildman–Crippen LogP) is 3.90. The molecule has 2 N–H and O–H groups in total. The average molecular weight is 445 g/mol. The van der Waals surface area contributed by atoms with Gasteiger partial charge in [-0.2, -0.15) is 0 Å². The second-order valence-corrected chi connectivity index (χ2v) is 9.95. The average Bonchev–Trinajstić information content (AvgIpc) is 3.32. The number of rotatable bonds is 4. The molecule has 2 atom stereocenters. The van der Waals surface area contributed by atoms with Gasteiger partial charge in [-0.25, -0.2) is 9.78 Å². The fourth-order valence-electron chi connectivity index (χ4n) is 3.90. The number of aromatic nitrogens is 2. The molecule has 1 fully saturated rings. The summed E-state index contributed by atoms with van der Waals surface area (Å²) < 4.78 is 1.25. The van der Waals surface area contributed by atoms with Crippen LogP contribution in [0.15, 0.2) is 28.6 Å². The van der Waals surface area contributed by atoms with Crippen molar-refractivity contribution in [1.82, 2.24) is 20.2 Å². The highest BCUT2D eigenvalue weighted by Gasteiger charge is 2.23. The number of nitrogens with one attached hydrogen (secondary N) is 2. The first-order valence-corrected chi connectivity index (χ1v) is 11.8. The van der Waals surface area contributed by atoms with E-state index in [1.165, 1.54) is 28.7 Å². The Bertz CT molecular complexity index is 1150. The second-order valence-electron chi connectivity index (χ2n) is 7.81. The number of hydrogen-bond acceptors (Lipinski definition) is 6. The van der Waals surface area contributed by atoms with E-state index >= 15 is 0 Å². The molecular weight excluding hydrogens is 420 g/mol. The standard InChI is InChI=1S/C21H24N4O3S2/c1-12-5-3-4-6-15(12)23-21(28)24-17(26)9-25-11-22-19-18(20(25)27)14(10-29-19)16-8-7-13(2)30-16/h7-8,10-12,15H,3-6,9H2,1-2H3,(H2,23,24,26,28). The van der Waals surface area contributed by atoms with Gasteiger partial charge in [0.15, 0.2) is 0 Å². The third-order valence-electron chi connectivity index (χ3n) is 5.56. The normalized spacial score (nSPS) is 19.0. The number of carbonyl (C=O) groups is 2. The molecule has 1 aliphatic carbocycles. The third kappa shape index (κ3) is 4.32. The first-order valence-electron chi connectivity index (χ1n) is 10.1. The molecule has 3 amide bonds. The summed E-state index contributed by atoms with van der Waals surface area (Å²) in [4.78, 5) is 44.7. The molecule has 0 radical (unpaired) electrons. The fourth-order valence-corrected chi connectivity index (χ4v) is 5.76. The van der Waals surface area contributed by atoms with Crippen molar-refractivity contribution in [3.05, 3.63) is 39.1 Å². The van der Waals surface area contributed by atoms with E-state index in [-0.39, 0.29) is 18.1 Å². The molecule has 0 aliphatic heterocycles. The Morgan fingerprint density at radius 1 is 1.27 bits per heavy atom. The summed E-state index contributed by atoms with van der Waals surface area (Å²) in [6.45, 7) is 3.87. The summed E-state index contributed by atoms with van der Waals surface area (Å²) in [5, 5.41) is 7.67. The van der Waals surface area contributed by atoms with Crippen LogP contribution in [0.1, 0.15) is 37.5 Å². The Balaban J connectivity index is 1.48. The molecule has 1 aliphatic rings. The number of urea groups is 1. The Morgan fingerprint density at radius 2 is 2.07 bits per heavy atom. The molecule has 9 heteroatoms. The van der Waals surface area contributed by atoms with Crippen LogP contribution in [0.25, 0.3) is 20.7 Å². The van der Waals surface area contributed by atoms with Crippen LogP contribution in [0.3, 0.4) is 0 Å². The van der Waals surface area contributed by atoms with E-state index in [4.69, 9.17) is 0 Å². The second kappa shape index (κ2) is 8.69. The number of hydrogen-bond donors (Lipinski definition) is 2. The minimum absolute atomic E-state index is 0.0786. The van der Waals surface area contributed by atoms with Crippen LogP contribution in [-0.2, 0) is 11.3 Å². The first-order chi connectivity index (χ1) is 14.4. The molecule has 0 bridgehead atoms. The first kappa shape index (κ1) is 20.7. The Labute approximate surface area is 182 Å². The summed E-state index contributed by atoms with van der Waals surface area (Å²) in [7, 11) is 0. The van der Waals surface area contributed by atoms with Crippen molar-refractivity contribution in [2.75, 3.05) is 0 Å². The maximum atomic E-state index is 13.0. The number of amides is 3. The van der Waals surface area contributed by atoms with Crippen LogP contribution in [0.4, 0.5) is 4.79 Å². The predicted molar refractivity (Wildman–Crippen MR) is 120 cm³/mol. The quantitative estimate of drug-likeness (QED) is 0.638. The molecule has 30 heavy (non-hydrogen) atoms. The molecule has 4 rings (SSSR count). The summed E-state index contributed by atoms with van der Waals surface area (Å²) in [6.07, 6.45) is 5.62. The zero-order chi connectivity index (χ0) is 21.3. The lowest BCUT2D eigenvalue weighted by Crippen LogP contribution is -2.48. The van der Waals surface area contributed by atoms with Crippen LogP contribution in [0.2, 0.25) is 0 Å². The highest BCUT2D eigenvalue weighted by molar-refractivity contribution is 7.19. The van der Waals surface area contributed by atoms with E-state index in [0.29, 0.717) is 16.1 Å². The van der Waals surface area contributed by atoms with Crippen LogP contribution in [-0.4, -0.2) is 27.5 Å². The highest BCUT2D eigenvalue weighted by atomic mass is 32.1. The van der Waals surface area contributed by atoms with Gasteiger partial charge in [-0.15, -0.1) is 22.7 Å². The van der Waals surface area contributed by atoms with Gasteiger partial charge < -0.3 is 5.32 Å². The third-order valence-corrected chi connectivity index (χ3v) is 7.48. The molecular formula is C21H24N4O3S2. The summed E-state index contributed by atoms with van der Waals surface area (Å²) in [6, 6.07) is 3.57. The van der Waals surface area contributed by atoms with E-state index in [1.54, 1.807) is 11.3 Å². The van der Waals surface area contributed by atoms with Crippen LogP contribution in [0.5, 0.6) is 0 Å². The minimum atomic E-state index is -0.539. The van der Waals surface area contributed by atoms with Gasteiger partial charge in [-0.3, -0.25) is 19.5 Å². The van der Waals surface area contributed by atoms with Gasteiger partial charge in [0.1, 0.15) is 11.4 Å². The van der Waals surface area contributed by atoms with Crippen molar-refractivity contribution in [3.8, 4) is 10.4 Å². The number of nitrogens with zero attached hydrogens (tertiary/aromatic N) is 2. The van der Waals surface area contributed by atoms with Crippen LogP contribution >= 0.6 is 22.7 Å². The molecule has 158 valence electrons. The summed E-state index contributed by atoms with van der Waals surface area (Å²) >= 11 is 3.02. The van der Waals surface area contributed by atoms with Gasteiger partial charge in [0, 0.05) is 26.7 Å². The minimum Gasteiger partial charge on any atom is -0.335 e. The Morgan fingerprint density at radius 3 is 2.80 bits per heavy atom. The van der Waals surface area contributed by atoms with Crippen molar-refractivity contribution in [3.63, 3.8) is 0 Å². The van der Waals surface area contributed by atoms with Crippen molar-refractivity contribution in [1.29, 1.82) is 0 Å². The van der Waals surface area contributed by atoms with E-state index < -0.39 is 11.9 Å². The highest BCUT2D eigenvalue weighted by Crippen LogP contribution is 2.34. The van der Waals surface area contributed by atoms with Crippen molar-refractivity contribution >= 4 is 44.8 Å². The summed E-state index contributed by atoms with van der Waals surface area (Å²) in [5.74, 6) is -0.144. The lowest BCUT2D eigenvalue weighted by atomic mass is 9.86. The van der Waals surface area contributed by atoms with E-state index in [1.807, 2.05) is 24.4 Å². The van der Waals surface area contributed by atoms with Gasteiger partial charge in [-0.05, 0) is 37.8 Å². The van der Waals surface area contributed by atoms with Gasteiger partial charge in [0.25, 0.3) is 5.56 Å². The number of aryl methyl sites for hydroxylation is 1. The number of fused-ring (bicyclic) bond motifs is 1. The van der Waals surface area contributed by atoms with Gasteiger partial charge in [-0.1, -0.05) is 19.8 Å². The molecule has 0 aromatic carbocycles. The largest absolute Gasteiger partial charge is 0.335 e. The Kier molecular flexibility index (Phi) is 6.01. The zero-order valence-corrected chi connectivity index (χ0v) is 18.6. The number of thiophene rings is 2. The number of carbonyl (C=O) groups excluding carboxylic acids is 2.